The maximum Gasteiger partial charge on any atom is 0.335 e. The Balaban J connectivity index is 2.16. The number of ether oxygens (including phenoxy) is 2. The third kappa shape index (κ3) is 2.70. The van der Waals surface area contributed by atoms with E-state index in [4.69, 9.17) is 9.47 Å². The second-order valence-electron chi connectivity index (χ2n) is 3.86. The molecular weight excluding hydrogens is 252 g/mol. The molecule has 0 spiro atoms. The summed E-state index contributed by atoms with van der Waals surface area (Å²) in [5, 5.41) is 10.6. The summed E-state index contributed by atoms with van der Waals surface area (Å²) >= 11 is 0. The number of carbonyl (C=O) groups is 1. The zero-order valence-electron chi connectivity index (χ0n) is 10.2. The lowest BCUT2D eigenvalue weighted by atomic mass is 10.0. The molecule has 0 radical (unpaired) electrons. The average molecular weight is 264 g/mol. The Morgan fingerprint density at radius 3 is 2.74 bits per heavy atom. The number of rotatable bonds is 4. The Labute approximate surface area is 109 Å². The van der Waals surface area contributed by atoms with E-state index in [9.17, 15) is 14.9 Å². The van der Waals surface area contributed by atoms with Crippen molar-refractivity contribution in [3.63, 3.8) is 0 Å². The van der Waals surface area contributed by atoms with Gasteiger partial charge in [0.05, 0.1) is 11.5 Å². The van der Waals surface area contributed by atoms with Gasteiger partial charge >= 0.3 is 5.97 Å². The second kappa shape index (κ2) is 5.47. The van der Waals surface area contributed by atoms with E-state index in [0.717, 1.165) is 0 Å². The molecule has 1 heterocycles. The molecule has 0 saturated carbocycles. The van der Waals surface area contributed by atoms with Crippen LogP contribution in [0.1, 0.15) is 18.6 Å². The fourth-order valence-electron chi connectivity index (χ4n) is 1.78. The topological polar surface area (TPSA) is 91.0 Å². The summed E-state index contributed by atoms with van der Waals surface area (Å²) in [6.45, 7) is 1.97. The summed E-state index contributed by atoms with van der Waals surface area (Å²) in [5.74, 6) is -0.473. The molecule has 0 fully saturated rings. The number of benzene rings is 1. The van der Waals surface area contributed by atoms with Gasteiger partial charge in [-0.15, -0.1) is 0 Å². The fraction of sp³-hybridized carbons (Fsp3) is 0.333. The molecule has 0 bridgehead atoms. The van der Waals surface area contributed by atoms with Gasteiger partial charge in [0.1, 0.15) is 0 Å². The molecule has 1 aliphatic rings. The van der Waals surface area contributed by atoms with Crippen LogP contribution in [0.3, 0.4) is 0 Å². The summed E-state index contributed by atoms with van der Waals surface area (Å²) in [6.07, 6.45) is 0.605. The lowest BCUT2D eigenvalue weighted by molar-refractivity contribution is -0.384. The van der Waals surface area contributed by atoms with Crippen molar-refractivity contribution in [3.05, 3.63) is 39.9 Å². The van der Waals surface area contributed by atoms with Crippen LogP contribution < -0.4 is 0 Å². The van der Waals surface area contributed by atoms with Crippen LogP contribution >= 0.6 is 0 Å². The lowest BCUT2D eigenvalue weighted by Crippen LogP contribution is -2.26. The van der Waals surface area contributed by atoms with Crippen molar-refractivity contribution >= 4 is 18.1 Å². The predicted molar refractivity (Wildman–Crippen MR) is 65.8 cm³/mol. The van der Waals surface area contributed by atoms with Crippen molar-refractivity contribution in [3.8, 4) is 0 Å². The standard InChI is InChI=1S/C12H12N2O5/c1-2-18-12(15)10-11(19-7-13-10)8-3-5-9(6-4-8)14(16)17/h3-7,10-11H,2H2,1H3. The Morgan fingerprint density at radius 2 is 2.16 bits per heavy atom. The van der Waals surface area contributed by atoms with Gasteiger partial charge in [0.25, 0.3) is 5.69 Å². The second-order valence-corrected chi connectivity index (χ2v) is 3.86. The van der Waals surface area contributed by atoms with Crippen LogP contribution in [0, 0.1) is 10.1 Å². The molecular formula is C12H12N2O5. The molecule has 2 atom stereocenters. The quantitative estimate of drug-likeness (QED) is 0.468. The molecule has 100 valence electrons. The molecule has 0 amide bonds. The monoisotopic (exact) mass is 264 g/mol. The number of esters is 1. The van der Waals surface area contributed by atoms with E-state index >= 15 is 0 Å². The molecule has 1 aromatic rings. The smallest absolute Gasteiger partial charge is 0.335 e. The maximum absolute atomic E-state index is 11.7. The van der Waals surface area contributed by atoms with Crippen molar-refractivity contribution < 1.29 is 19.2 Å². The first-order chi connectivity index (χ1) is 9.13. The third-order valence-electron chi connectivity index (χ3n) is 2.68. The Morgan fingerprint density at radius 1 is 1.47 bits per heavy atom. The number of non-ortho nitro benzene ring substituents is 1. The number of nitro groups is 1. The molecule has 2 rings (SSSR count). The minimum absolute atomic E-state index is 0.0182. The summed E-state index contributed by atoms with van der Waals surface area (Å²) in [4.78, 5) is 25.7. The van der Waals surface area contributed by atoms with Crippen molar-refractivity contribution in [2.24, 2.45) is 4.99 Å². The van der Waals surface area contributed by atoms with Crippen molar-refractivity contribution in [2.45, 2.75) is 19.1 Å². The highest BCUT2D eigenvalue weighted by atomic mass is 16.6. The molecule has 1 aliphatic heterocycles. The van der Waals surface area contributed by atoms with E-state index < -0.39 is 23.0 Å². The number of nitro benzene ring substituents is 1. The number of nitrogens with zero attached hydrogens (tertiary/aromatic N) is 2. The molecule has 19 heavy (non-hydrogen) atoms. The van der Waals surface area contributed by atoms with Gasteiger partial charge in [-0.3, -0.25) is 10.1 Å². The highest BCUT2D eigenvalue weighted by Gasteiger charge is 2.35. The fourth-order valence-corrected chi connectivity index (χ4v) is 1.78. The van der Waals surface area contributed by atoms with E-state index in [1.54, 1.807) is 19.1 Å². The molecule has 0 N–H and O–H groups in total. The predicted octanol–water partition coefficient (Wildman–Crippen LogP) is 1.63. The lowest BCUT2D eigenvalue weighted by Gasteiger charge is -2.16. The van der Waals surface area contributed by atoms with Crippen LogP contribution in [-0.4, -0.2) is 29.9 Å². The first kappa shape index (κ1) is 13.0. The van der Waals surface area contributed by atoms with Crippen LogP contribution in [-0.2, 0) is 14.3 Å². The van der Waals surface area contributed by atoms with Gasteiger partial charge < -0.3 is 9.47 Å². The highest BCUT2D eigenvalue weighted by Crippen LogP contribution is 2.28. The largest absolute Gasteiger partial charge is 0.473 e. The SMILES string of the molecule is CCOC(=O)C1N=COC1c1ccc([N+](=O)[O-])cc1. The molecule has 7 heteroatoms. The maximum atomic E-state index is 11.7. The van der Waals surface area contributed by atoms with Gasteiger partial charge in [0, 0.05) is 12.1 Å². The third-order valence-corrected chi connectivity index (χ3v) is 2.68. The summed E-state index contributed by atoms with van der Waals surface area (Å²) in [7, 11) is 0. The first-order valence-electron chi connectivity index (χ1n) is 5.71. The van der Waals surface area contributed by atoms with Gasteiger partial charge in [0.2, 0.25) is 0 Å². The first-order valence-corrected chi connectivity index (χ1v) is 5.71. The van der Waals surface area contributed by atoms with Gasteiger partial charge in [-0.2, -0.15) is 0 Å². The zero-order chi connectivity index (χ0) is 13.8. The summed E-state index contributed by atoms with van der Waals surface area (Å²) in [6, 6.07) is 5.05. The number of carbonyl (C=O) groups excluding carboxylic acids is 1. The van der Waals surface area contributed by atoms with Gasteiger partial charge in [-0.25, -0.2) is 9.79 Å². The molecule has 1 aromatic carbocycles. The Kier molecular flexibility index (Phi) is 3.74. The van der Waals surface area contributed by atoms with E-state index in [1.807, 2.05) is 0 Å². The normalized spacial score (nSPS) is 20.9. The minimum atomic E-state index is -0.763. The Bertz CT molecular complexity index is 511. The van der Waals surface area contributed by atoms with E-state index in [2.05, 4.69) is 4.99 Å². The van der Waals surface area contributed by atoms with E-state index in [1.165, 1.54) is 18.5 Å². The Hall–Kier alpha value is -2.44. The van der Waals surface area contributed by atoms with E-state index in [0.29, 0.717) is 5.56 Å². The van der Waals surface area contributed by atoms with Crippen LogP contribution in [0.4, 0.5) is 5.69 Å². The molecule has 0 aromatic heterocycles. The van der Waals surface area contributed by atoms with Crippen molar-refractivity contribution in [1.29, 1.82) is 0 Å². The molecule has 2 unspecified atom stereocenters. The number of hydrogen-bond acceptors (Lipinski definition) is 6. The molecule has 0 saturated heterocycles. The molecule has 7 nitrogen and oxygen atoms in total. The van der Waals surface area contributed by atoms with Gasteiger partial charge in [0.15, 0.2) is 18.5 Å². The van der Waals surface area contributed by atoms with Crippen LogP contribution in [0.5, 0.6) is 0 Å². The number of aliphatic imine (C=N–C) groups is 1. The van der Waals surface area contributed by atoms with Crippen LogP contribution in [0.25, 0.3) is 0 Å². The average Bonchev–Trinajstić information content (AvgIpc) is 2.88. The molecule has 0 aliphatic carbocycles. The summed E-state index contributed by atoms with van der Waals surface area (Å²) in [5.41, 5.74) is 0.622. The van der Waals surface area contributed by atoms with Crippen LogP contribution in [0.15, 0.2) is 29.3 Å². The van der Waals surface area contributed by atoms with Crippen molar-refractivity contribution in [2.75, 3.05) is 6.61 Å². The highest BCUT2D eigenvalue weighted by molar-refractivity contribution is 5.80. The van der Waals surface area contributed by atoms with Crippen molar-refractivity contribution in [1.82, 2.24) is 0 Å². The number of hydrogen-bond donors (Lipinski definition) is 0. The zero-order valence-corrected chi connectivity index (χ0v) is 10.2. The summed E-state index contributed by atoms with van der Waals surface area (Å²) < 4.78 is 10.2. The van der Waals surface area contributed by atoms with Gasteiger partial charge in [-0.1, -0.05) is 0 Å². The van der Waals surface area contributed by atoms with Crippen LogP contribution in [0.2, 0.25) is 0 Å². The van der Waals surface area contributed by atoms with Gasteiger partial charge in [-0.05, 0) is 24.6 Å². The minimum Gasteiger partial charge on any atom is -0.473 e. The van der Waals surface area contributed by atoms with E-state index in [-0.39, 0.29) is 12.3 Å².